The van der Waals surface area contributed by atoms with Crippen molar-refractivity contribution in [3.05, 3.63) is 65.7 Å². The molecule has 0 aliphatic rings. The van der Waals surface area contributed by atoms with E-state index in [4.69, 9.17) is 0 Å². The normalized spacial score (nSPS) is 12.1. The maximum Gasteiger partial charge on any atom is 0.242 e. The average molecular weight is 516 g/mol. The number of para-hydroxylation sites is 1. The third-order valence-corrected chi connectivity index (χ3v) is 7.42. The van der Waals surface area contributed by atoms with Crippen LogP contribution in [0, 0.1) is 6.92 Å². The summed E-state index contributed by atoms with van der Waals surface area (Å²) in [4.78, 5) is 28.0. The van der Waals surface area contributed by atoms with Crippen LogP contribution in [0.5, 0.6) is 0 Å². The number of carbonyl (C=O) groups excluding carboxylic acids is 2. The van der Waals surface area contributed by atoms with Crippen LogP contribution in [0.3, 0.4) is 0 Å². The summed E-state index contributed by atoms with van der Waals surface area (Å²) in [5.41, 5.74) is 2.57. The Morgan fingerprint density at radius 3 is 2.22 bits per heavy atom. The third-order valence-electron chi connectivity index (χ3n) is 6.24. The molecule has 0 aliphatic carbocycles. The van der Waals surface area contributed by atoms with Gasteiger partial charge in [-0.25, -0.2) is 8.42 Å². The van der Waals surface area contributed by atoms with Crippen LogP contribution in [0.2, 0.25) is 0 Å². The molecule has 0 heterocycles. The lowest BCUT2D eigenvalue weighted by atomic mass is 10.1. The molecule has 1 N–H and O–H groups in total. The molecule has 8 heteroatoms. The first-order chi connectivity index (χ1) is 17.2. The fourth-order valence-electron chi connectivity index (χ4n) is 4.23. The van der Waals surface area contributed by atoms with Crippen LogP contribution >= 0.6 is 0 Å². The van der Waals surface area contributed by atoms with Gasteiger partial charge < -0.3 is 10.2 Å². The van der Waals surface area contributed by atoms with E-state index >= 15 is 0 Å². The highest BCUT2D eigenvalue weighted by Crippen LogP contribution is 2.23. The number of unbranched alkanes of at least 4 members (excludes halogenated alkanes) is 1. The molecule has 0 radical (unpaired) electrons. The Morgan fingerprint density at radius 2 is 1.61 bits per heavy atom. The van der Waals surface area contributed by atoms with Crippen molar-refractivity contribution in [1.82, 2.24) is 10.2 Å². The van der Waals surface area contributed by atoms with E-state index in [-0.39, 0.29) is 24.8 Å². The zero-order valence-corrected chi connectivity index (χ0v) is 22.9. The molecule has 36 heavy (non-hydrogen) atoms. The van der Waals surface area contributed by atoms with Crippen LogP contribution < -0.4 is 9.62 Å². The second-order valence-corrected chi connectivity index (χ2v) is 11.0. The molecule has 0 saturated heterocycles. The van der Waals surface area contributed by atoms with Crippen molar-refractivity contribution in [2.24, 2.45) is 0 Å². The molecule has 0 aromatic heterocycles. The minimum atomic E-state index is -3.51. The van der Waals surface area contributed by atoms with Crippen LogP contribution in [0.1, 0.15) is 57.1 Å². The lowest BCUT2D eigenvalue weighted by Crippen LogP contribution is -2.50. The second-order valence-electron chi connectivity index (χ2n) is 9.12. The molecule has 2 aromatic rings. The number of amides is 2. The minimum Gasteiger partial charge on any atom is -0.354 e. The van der Waals surface area contributed by atoms with E-state index < -0.39 is 16.1 Å². The predicted molar refractivity (Wildman–Crippen MR) is 146 cm³/mol. The first-order valence-corrected chi connectivity index (χ1v) is 14.7. The van der Waals surface area contributed by atoms with Crippen LogP contribution in [0.4, 0.5) is 5.69 Å². The molecule has 0 aliphatic heterocycles. The molecular weight excluding hydrogens is 474 g/mol. The van der Waals surface area contributed by atoms with Gasteiger partial charge in [-0.2, -0.15) is 0 Å². The number of nitrogens with one attached hydrogen (secondary N) is 1. The maximum absolute atomic E-state index is 13.4. The largest absolute Gasteiger partial charge is 0.354 e. The van der Waals surface area contributed by atoms with Gasteiger partial charge in [0.15, 0.2) is 0 Å². The molecule has 0 unspecified atom stereocenters. The Labute approximate surface area is 216 Å². The Balaban J connectivity index is 2.14. The van der Waals surface area contributed by atoms with Gasteiger partial charge in [0, 0.05) is 26.1 Å². The van der Waals surface area contributed by atoms with Crippen molar-refractivity contribution in [2.45, 2.75) is 65.3 Å². The Hall–Kier alpha value is -2.87. The Morgan fingerprint density at radius 1 is 0.944 bits per heavy atom. The smallest absolute Gasteiger partial charge is 0.242 e. The molecule has 1 atom stereocenters. The van der Waals surface area contributed by atoms with Crippen molar-refractivity contribution in [1.29, 1.82) is 0 Å². The molecule has 198 valence electrons. The zero-order valence-electron chi connectivity index (χ0n) is 22.1. The summed E-state index contributed by atoms with van der Waals surface area (Å²) in [5.74, 6) is -0.272. The number of nitrogens with zero attached hydrogens (tertiary/aromatic N) is 2. The zero-order chi connectivity index (χ0) is 26.6. The molecule has 0 fully saturated rings. The van der Waals surface area contributed by atoms with Crippen LogP contribution in [0.25, 0.3) is 0 Å². The highest BCUT2D eigenvalue weighted by molar-refractivity contribution is 7.92. The average Bonchev–Trinajstić information content (AvgIpc) is 2.85. The van der Waals surface area contributed by atoms with E-state index in [1.807, 2.05) is 56.3 Å². The minimum absolute atomic E-state index is 0.134. The lowest BCUT2D eigenvalue weighted by Gasteiger charge is -2.31. The Bertz CT molecular complexity index is 1070. The summed E-state index contributed by atoms with van der Waals surface area (Å²) in [5, 5.41) is 2.97. The quantitative estimate of drug-likeness (QED) is 0.358. The standard InChI is InChI=1S/C28H41N3O4S/c1-5-7-20-29-28(33)25(6-2)30(22-19-24-15-9-8-10-16-24)27(32)18-13-21-31(36(4,34)35)26-17-12-11-14-23(26)3/h8-12,14-17,25H,5-7,13,18-22H2,1-4H3,(H,29,33)/t25-/m1/s1. The van der Waals surface area contributed by atoms with Crippen molar-refractivity contribution in [2.75, 3.05) is 30.2 Å². The number of sulfonamides is 1. The van der Waals surface area contributed by atoms with Crippen molar-refractivity contribution < 1.29 is 18.0 Å². The first kappa shape index (κ1) is 29.4. The summed E-state index contributed by atoms with van der Waals surface area (Å²) in [7, 11) is -3.51. The van der Waals surface area contributed by atoms with Gasteiger partial charge in [-0.15, -0.1) is 0 Å². The van der Waals surface area contributed by atoms with Gasteiger partial charge in [-0.05, 0) is 49.8 Å². The SMILES string of the molecule is CCCCNC(=O)[C@@H](CC)N(CCc1ccccc1)C(=O)CCCN(c1ccccc1C)S(C)(=O)=O. The maximum atomic E-state index is 13.4. The fourth-order valence-corrected chi connectivity index (χ4v) is 5.25. The number of hydrogen-bond acceptors (Lipinski definition) is 4. The monoisotopic (exact) mass is 515 g/mol. The van der Waals surface area contributed by atoms with Crippen molar-refractivity contribution in [3.8, 4) is 0 Å². The number of carbonyl (C=O) groups is 2. The summed E-state index contributed by atoms with van der Waals surface area (Å²) in [6.45, 7) is 7.06. The van der Waals surface area contributed by atoms with Gasteiger partial charge >= 0.3 is 0 Å². The molecule has 0 spiro atoms. The number of benzene rings is 2. The summed E-state index contributed by atoms with van der Waals surface area (Å²) in [6, 6.07) is 16.7. The van der Waals surface area contributed by atoms with E-state index in [1.54, 1.807) is 17.0 Å². The van der Waals surface area contributed by atoms with Crippen molar-refractivity contribution in [3.63, 3.8) is 0 Å². The molecule has 0 saturated carbocycles. The number of hydrogen-bond donors (Lipinski definition) is 1. The topological polar surface area (TPSA) is 86.8 Å². The highest BCUT2D eigenvalue weighted by atomic mass is 32.2. The molecule has 2 aromatic carbocycles. The molecule has 7 nitrogen and oxygen atoms in total. The van der Waals surface area contributed by atoms with Gasteiger partial charge in [0.1, 0.15) is 6.04 Å². The number of anilines is 1. The van der Waals surface area contributed by atoms with E-state index in [0.29, 0.717) is 38.0 Å². The summed E-state index contributed by atoms with van der Waals surface area (Å²) >= 11 is 0. The Kier molecular flexibility index (Phi) is 11.9. The van der Waals surface area contributed by atoms with Gasteiger partial charge in [0.05, 0.1) is 11.9 Å². The number of aryl methyl sites for hydroxylation is 1. The van der Waals surface area contributed by atoms with Gasteiger partial charge in [-0.1, -0.05) is 68.8 Å². The first-order valence-electron chi connectivity index (χ1n) is 12.8. The van der Waals surface area contributed by atoms with E-state index in [1.165, 1.54) is 10.6 Å². The van der Waals surface area contributed by atoms with Crippen LogP contribution in [0.15, 0.2) is 54.6 Å². The second kappa shape index (κ2) is 14.6. The molecular formula is C28H41N3O4S. The fraction of sp³-hybridized carbons (Fsp3) is 0.500. The molecule has 2 rings (SSSR count). The molecule has 2 amide bonds. The summed E-state index contributed by atoms with van der Waals surface area (Å²) < 4.78 is 26.4. The lowest BCUT2D eigenvalue weighted by molar-refractivity contribution is -0.140. The van der Waals surface area contributed by atoms with Gasteiger partial charge in [-0.3, -0.25) is 13.9 Å². The van der Waals surface area contributed by atoms with Crippen LogP contribution in [-0.2, 0) is 26.0 Å². The van der Waals surface area contributed by atoms with E-state index in [9.17, 15) is 18.0 Å². The third kappa shape index (κ3) is 8.97. The van der Waals surface area contributed by atoms with Crippen LogP contribution in [-0.4, -0.2) is 57.1 Å². The van der Waals surface area contributed by atoms with E-state index in [2.05, 4.69) is 12.2 Å². The van der Waals surface area contributed by atoms with Gasteiger partial charge in [0.2, 0.25) is 21.8 Å². The van der Waals surface area contributed by atoms with E-state index in [0.717, 1.165) is 24.0 Å². The summed E-state index contributed by atoms with van der Waals surface area (Å²) in [6.07, 6.45) is 4.72. The number of rotatable bonds is 15. The predicted octanol–water partition coefficient (Wildman–Crippen LogP) is 4.31. The molecule has 0 bridgehead atoms. The highest BCUT2D eigenvalue weighted by Gasteiger charge is 2.28. The van der Waals surface area contributed by atoms with Crippen molar-refractivity contribution >= 4 is 27.5 Å². The van der Waals surface area contributed by atoms with Gasteiger partial charge in [0.25, 0.3) is 0 Å².